The van der Waals surface area contributed by atoms with E-state index in [0.717, 1.165) is 22.5 Å². The lowest BCUT2D eigenvalue weighted by Gasteiger charge is -2.07. The number of benzene rings is 2. The molecule has 26 heavy (non-hydrogen) atoms. The lowest BCUT2D eigenvalue weighted by atomic mass is 10.2. The van der Waals surface area contributed by atoms with Gasteiger partial charge in [0.25, 0.3) is 5.91 Å². The number of anilines is 1. The average Bonchev–Trinajstić information content (AvgIpc) is 3.29. The molecule has 2 aromatic heterocycles. The summed E-state index contributed by atoms with van der Waals surface area (Å²) in [4.78, 5) is 24.0. The third-order valence-corrected chi connectivity index (χ3v) is 5.06. The highest BCUT2D eigenvalue weighted by Crippen LogP contribution is 2.36. The van der Waals surface area contributed by atoms with E-state index in [-0.39, 0.29) is 11.7 Å². The van der Waals surface area contributed by atoms with Gasteiger partial charge in [0.15, 0.2) is 0 Å². The van der Waals surface area contributed by atoms with Crippen LogP contribution in [0, 0.1) is 0 Å². The average molecular weight is 364 g/mol. The molecular weight excluding hydrogens is 348 g/mol. The van der Waals surface area contributed by atoms with Crippen molar-refractivity contribution in [1.29, 1.82) is 0 Å². The number of carbonyl (C=O) groups excluding carboxylic acids is 1. The van der Waals surface area contributed by atoms with Gasteiger partial charge in [0.2, 0.25) is 0 Å². The number of hydrogen-bond acceptors (Lipinski definition) is 5. The fourth-order valence-corrected chi connectivity index (χ4v) is 3.62. The van der Waals surface area contributed by atoms with E-state index in [0.29, 0.717) is 22.0 Å². The first kappa shape index (κ1) is 16.3. The Kier molecular flexibility index (Phi) is 4.14. The van der Waals surface area contributed by atoms with Gasteiger partial charge in [-0.3, -0.25) is 4.79 Å². The second-order valence-electron chi connectivity index (χ2n) is 5.77. The Hall–Kier alpha value is -3.19. The third-order valence-electron chi connectivity index (χ3n) is 3.99. The van der Waals surface area contributed by atoms with Gasteiger partial charge in [-0.25, -0.2) is 9.97 Å². The zero-order valence-corrected chi connectivity index (χ0v) is 14.8. The molecule has 0 unspecified atom stereocenters. The molecule has 4 aromatic rings. The van der Waals surface area contributed by atoms with Gasteiger partial charge >= 0.3 is 0 Å². The van der Waals surface area contributed by atoms with Crippen molar-refractivity contribution in [3.05, 3.63) is 60.2 Å². The number of aryl methyl sites for hydroxylation is 1. The van der Waals surface area contributed by atoms with E-state index in [1.165, 1.54) is 17.5 Å². The molecule has 4 rings (SSSR count). The van der Waals surface area contributed by atoms with Gasteiger partial charge in [0.1, 0.15) is 22.3 Å². The molecule has 6 nitrogen and oxygen atoms in total. The van der Waals surface area contributed by atoms with E-state index in [1.54, 1.807) is 18.2 Å². The second kappa shape index (κ2) is 6.61. The molecule has 1 amide bonds. The molecule has 0 saturated carbocycles. The highest BCUT2D eigenvalue weighted by atomic mass is 32.1. The minimum atomic E-state index is -0.280. The van der Waals surface area contributed by atoms with Crippen LogP contribution in [0.25, 0.3) is 20.8 Å². The van der Waals surface area contributed by atoms with Crippen molar-refractivity contribution in [1.82, 2.24) is 15.0 Å². The Morgan fingerprint density at radius 1 is 1.27 bits per heavy atom. The molecule has 0 fully saturated rings. The van der Waals surface area contributed by atoms with Crippen molar-refractivity contribution in [3.8, 4) is 16.3 Å². The number of aromatic hydroxyl groups is 1. The Balaban J connectivity index is 1.64. The Morgan fingerprint density at radius 2 is 2.12 bits per heavy atom. The van der Waals surface area contributed by atoms with Crippen molar-refractivity contribution in [2.24, 2.45) is 0 Å². The molecule has 0 aliphatic rings. The highest BCUT2D eigenvalue weighted by molar-refractivity contribution is 7.21. The minimum absolute atomic E-state index is 0.122. The zero-order valence-electron chi connectivity index (χ0n) is 14.0. The summed E-state index contributed by atoms with van der Waals surface area (Å²) in [5, 5.41) is 13.8. The van der Waals surface area contributed by atoms with Crippen LogP contribution >= 0.6 is 11.3 Å². The Labute approximate surface area is 153 Å². The normalized spacial score (nSPS) is 11.0. The zero-order chi connectivity index (χ0) is 18.1. The van der Waals surface area contributed by atoms with Crippen LogP contribution in [0.15, 0.2) is 48.7 Å². The summed E-state index contributed by atoms with van der Waals surface area (Å²) in [6, 6.07) is 12.7. The first-order valence-corrected chi connectivity index (χ1v) is 9.00. The van der Waals surface area contributed by atoms with Gasteiger partial charge in [-0.15, -0.1) is 11.3 Å². The van der Waals surface area contributed by atoms with Crippen LogP contribution in [-0.2, 0) is 6.42 Å². The second-order valence-corrected chi connectivity index (χ2v) is 6.80. The van der Waals surface area contributed by atoms with Crippen LogP contribution < -0.4 is 5.32 Å². The number of nitrogens with one attached hydrogen (secondary N) is 2. The van der Waals surface area contributed by atoms with E-state index < -0.39 is 0 Å². The van der Waals surface area contributed by atoms with Crippen LogP contribution in [0.4, 0.5) is 5.69 Å². The Morgan fingerprint density at radius 3 is 2.88 bits per heavy atom. The molecule has 2 aromatic carbocycles. The highest BCUT2D eigenvalue weighted by Gasteiger charge is 2.14. The number of phenolic OH excluding ortho intramolecular Hbond substituents is 1. The number of fused-ring (bicyclic) bond motifs is 1. The maximum absolute atomic E-state index is 12.4. The van der Waals surface area contributed by atoms with Crippen LogP contribution in [0.3, 0.4) is 0 Å². The molecule has 0 atom stereocenters. The van der Waals surface area contributed by atoms with Crippen LogP contribution in [0.5, 0.6) is 5.75 Å². The van der Waals surface area contributed by atoms with E-state index in [9.17, 15) is 9.90 Å². The number of para-hydroxylation sites is 1. The summed E-state index contributed by atoms with van der Waals surface area (Å²) >= 11 is 1.49. The number of imidazole rings is 1. The monoisotopic (exact) mass is 364 g/mol. The van der Waals surface area contributed by atoms with Gasteiger partial charge in [0.05, 0.1) is 22.0 Å². The van der Waals surface area contributed by atoms with Crippen molar-refractivity contribution >= 4 is 33.1 Å². The standard InChI is InChI=1S/C19H16N4O2S/c1-2-17-20-10-14(22-17)18(25)21-11-7-8-15(24)12(9-11)19-23-13-5-3-4-6-16(13)26-19/h3-10,24H,2H2,1H3,(H,20,22)(H,21,25). The van der Waals surface area contributed by atoms with Crippen molar-refractivity contribution in [2.45, 2.75) is 13.3 Å². The fourth-order valence-electron chi connectivity index (χ4n) is 2.63. The number of hydrogen-bond donors (Lipinski definition) is 3. The summed E-state index contributed by atoms with van der Waals surface area (Å²) in [5.41, 5.74) is 2.44. The van der Waals surface area contributed by atoms with Crippen LogP contribution in [0.2, 0.25) is 0 Å². The largest absolute Gasteiger partial charge is 0.507 e. The molecule has 0 aliphatic carbocycles. The maximum Gasteiger partial charge on any atom is 0.273 e. The molecule has 0 spiro atoms. The maximum atomic E-state index is 12.4. The van der Waals surface area contributed by atoms with Gasteiger partial charge in [-0.05, 0) is 30.3 Å². The topological polar surface area (TPSA) is 90.9 Å². The number of aromatic nitrogens is 3. The first-order chi connectivity index (χ1) is 12.6. The molecular formula is C19H16N4O2S. The number of amides is 1. The number of rotatable bonds is 4. The number of nitrogens with zero attached hydrogens (tertiary/aromatic N) is 2. The third kappa shape index (κ3) is 3.04. The minimum Gasteiger partial charge on any atom is -0.507 e. The van der Waals surface area contributed by atoms with Gasteiger partial charge in [0, 0.05) is 12.1 Å². The summed E-state index contributed by atoms with van der Waals surface area (Å²) < 4.78 is 1.04. The molecule has 0 radical (unpaired) electrons. The molecule has 130 valence electrons. The number of carbonyl (C=O) groups is 1. The smallest absolute Gasteiger partial charge is 0.273 e. The predicted octanol–water partition coefficient (Wildman–Crippen LogP) is 4.21. The van der Waals surface area contributed by atoms with Crippen molar-refractivity contribution < 1.29 is 9.90 Å². The molecule has 7 heteroatoms. The van der Waals surface area contributed by atoms with Crippen LogP contribution in [-0.4, -0.2) is 26.0 Å². The quantitative estimate of drug-likeness (QED) is 0.473. The summed E-state index contributed by atoms with van der Waals surface area (Å²) in [6.45, 7) is 1.96. The fraction of sp³-hybridized carbons (Fsp3) is 0.105. The first-order valence-electron chi connectivity index (χ1n) is 8.18. The summed E-state index contributed by atoms with van der Waals surface area (Å²) in [6.07, 6.45) is 2.25. The number of phenols is 1. The van der Waals surface area contributed by atoms with Crippen molar-refractivity contribution in [3.63, 3.8) is 0 Å². The lowest BCUT2D eigenvalue weighted by Crippen LogP contribution is -2.12. The van der Waals surface area contributed by atoms with Gasteiger partial charge in [-0.1, -0.05) is 19.1 Å². The van der Waals surface area contributed by atoms with Gasteiger partial charge < -0.3 is 15.4 Å². The molecule has 0 aliphatic heterocycles. The van der Waals surface area contributed by atoms with E-state index in [1.807, 2.05) is 31.2 Å². The number of thiazole rings is 1. The number of H-pyrrole nitrogens is 1. The molecule has 0 bridgehead atoms. The predicted molar refractivity (Wildman–Crippen MR) is 103 cm³/mol. The van der Waals surface area contributed by atoms with E-state index >= 15 is 0 Å². The van der Waals surface area contributed by atoms with E-state index in [2.05, 4.69) is 20.3 Å². The lowest BCUT2D eigenvalue weighted by molar-refractivity contribution is 0.102. The summed E-state index contributed by atoms with van der Waals surface area (Å²) in [5.74, 6) is 0.603. The molecule has 0 saturated heterocycles. The van der Waals surface area contributed by atoms with E-state index in [4.69, 9.17) is 0 Å². The van der Waals surface area contributed by atoms with Gasteiger partial charge in [-0.2, -0.15) is 0 Å². The SMILES string of the molecule is CCc1ncc(C(=O)Nc2ccc(O)c(-c3nc4ccccc4s3)c2)[nH]1. The van der Waals surface area contributed by atoms with Crippen LogP contribution in [0.1, 0.15) is 23.2 Å². The molecule has 2 heterocycles. The number of aromatic amines is 1. The van der Waals surface area contributed by atoms with Crippen molar-refractivity contribution in [2.75, 3.05) is 5.32 Å². The molecule has 3 N–H and O–H groups in total. The summed E-state index contributed by atoms with van der Waals surface area (Å²) in [7, 11) is 0. The Bertz CT molecular complexity index is 1070.